The molecule has 0 saturated heterocycles. The van der Waals surface area contributed by atoms with Crippen LogP contribution in [0.15, 0.2) is 61.2 Å². The summed E-state index contributed by atoms with van der Waals surface area (Å²) in [6.45, 7) is 3.70. The number of aryl methyl sites for hydroxylation is 1. The lowest BCUT2D eigenvalue weighted by Gasteiger charge is -2.26. The number of nitrogens with one attached hydrogen (secondary N) is 1. The van der Waals surface area contributed by atoms with E-state index >= 15 is 0 Å². The van der Waals surface area contributed by atoms with Gasteiger partial charge in [0.1, 0.15) is 5.69 Å². The molecule has 0 fully saturated rings. The molecule has 0 spiro atoms. The minimum absolute atomic E-state index is 0.412. The lowest BCUT2D eigenvalue weighted by molar-refractivity contribution is 0.140. The maximum atomic E-state index is 11.2. The Balaban J connectivity index is 1.42. The van der Waals surface area contributed by atoms with Crippen molar-refractivity contribution < 1.29 is 9.90 Å². The molecule has 5 rings (SSSR count). The van der Waals surface area contributed by atoms with Gasteiger partial charge in [-0.3, -0.25) is 9.67 Å². The molecule has 0 atom stereocenters. The minimum atomic E-state index is -0.884. The van der Waals surface area contributed by atoms with Crippen molar-refractivity contribution >= 4 is 17.7 Å². The molecule has 1 amide bonds. The normalized spacial score (nSPS) is 12.9. The molecule has 1 aliphatic rings. The van der Waals surface area contributed by atoms with Crippen LogP contribution >= 0.6 is 0 Å². The molecule has 1 aliphatic heterocycles. The van der Waals surface area contributed by atoms with Crippen LogP contribution in [0.4, 0.5) is 16.4 Å². The van der Waals surface area contributed by atoms with E-state index in [0.717, 1.165) is 45.9 Å². The highest BCUT2D eigenvalue weighted by Crippen LogP contribution is 2.30. The topological polar surface area (TPSA) is 109 Å². The molecule has 3 aromatic heterocycles. The van der Waals surface area contributed by atoms with Gasteiger partial charge in [-0.2, -0.15) is 5.10 Å². The van der Waals surface area contributed by atoms with Gasteiger partial charge in [0.05, 0.1) is 5.69 Å². The number of benzene rings is 1. The molecular formula is C24H23N7O2. The van der Waals surface area contributed by atoms with E-state index in [2.05, 4.69) is 15.3 Å². The fraction of sp³-hybridized carbons (Fsp3) is 0.208. The second-order valence-corrected chi connectivity index (χ2v) is 7.82. The molecule has 4 heterocycles. The first-order chi connectivity index (χ1) is 16.1. The predicted octanol–water partition coefficient (Wildman–Crippen LogP) is 4.20. The van der Waals surface area contributed by atoms with Gasteiger partial charge in [-0.25, -0.2) is 14.8 Å². The highest BCUT2D eigenvalue weighted by molar-refractivity contribution is 5.78. The molecule has 9 heteroatoms. The van der Waals surface area contributed by atoms with Crippen molar-refractivity contribution in [1.82, 2.24) is 29.6 Å². The van der Waals surface area contributed by atoms with Gasteiger partial charge in [-0.1, -0.05) is 6.07 Å². The summed E-state index contributed by atoms with van der Waals surface area (Å²) < 4.78 is 1.89. The third-order valence-corrected chi connectivity index (χ3v) is 5.70. The van der Waals surface area contributed by atoms with E-state index in [9.17, 15) is 9.90 Å². The van der Waals surface area contributed by atoms with E-state index in [1.165, 1.54) is 4.90 Å². The van der Waals surface area contributed by atoms with Crippen LogP contribution in [0.3, 0.4) is 0 Å². The smallest absolute Gasteiger partial charge is 0.407 e. The van der Waals surface area contributed by atoms with E-state index in [0.29, 0.717) is 25.5 Å². The van der Waals surface area contributed by atoms with Gasteiger partial charge in [0, 0.05) is 61.2 Å². The summed E-state index contributed by atoms with van der Waals surface area (Å²) in [5, 5.41) is 17.2. The first kappa shape index (κ1) is 20.6. The summed E-state index contributed by atoms with van der Waals surface area (Å²) in [6, 6.07) is 11.7. The van der Waals surface area contributed by atoms with E-state index < -0.39 is 6.09 Å². The van der Waals surface area contributed by atoms with E-state index in [1.807, 2.05) is 54.2 Å². The summed E-state index contributed by atoms with van der Waals surface area (Å²) in [4.78, 5) is 26.0. The summed E-state index contributed by atoms with van der Waals surface area (Å²) in [6.07, 6.45) is 7.05. The van der Waals surface area contributed by atoms with Crippen LogP contribution in [0.2, 0.25) is 0 Å². The van der Waals surface area contributed by atoms with Crippen LogP contribution in [-0.4, -0.2) is 47.4 Å². The van der Waals surface area contributed by atoms with Crippen LogP contribution in [-0.2, 0) is 19.5 Å². The van der Waals surface area contributed by atoms with Crippen molar-refractivity contribution in [1.29, 1.82) is 0 Å². The highest BCUT2D eigenvalue weighted by Gasteiger charge is 2.20. The number of anilines is 2. The standard InChI is InChI=1S/C24H23N7O2/c1-2-31-15-20(22(29-31)17-4-3-9-25-13-17)21-7-10-26-23(28-21)27-19-6-5-18-14-30(24(32)33)11-8-16(18)12-19/h3-7,9-10,12-13,15H,2,8,11,14H2,1H3,(H,32,33)(H,26,27,28). The Morgan fingerprint density at radius 1 is 1.18 bits per heavy atom. The van der Waals surface area contributed by atoms with Gasteiger partial charge in [-0.15, -0.1) is 0 Å². The van der Waals surface area contributed by atoms with Crippen molar-refractivity contribution in [3.05, 3.63) is 72.3 Å². The van der Waals surface area contributed by atoms with Gasteiger partial charge in [0.25, 0.3) is 0 Å². The van der Waals surface area contributed by atoms with Crippen LogP contribution in [0, 0.1) is 0 Å². The summed E-state index contributed by atoms with van der Waals surface area (Å²) in [5.74, 6) is 0.483. The van der Waals surface area contributed by atoms with Crippen LogP contribution in [0.1, 0.15) is 18.1 Å². The zero-order valence-electron chi connectivity index (χ0n) is 18.1. The molecule has 0 saturated carbocycles. The minimum Gasteiger partial charge on any atom is -0.465 e. The van der Waals surface area contributed by atoms with Gasteiger partial charge < -0.3 is 15.3 Å². The van der Waals surface area contributed by atoms with E-state index in [1.54, 1.807) is 18.6 Å². The second-order valence-electron chi connectivity index (χ2n) is 7.82. The van der Waals surface area contributed by atoms with Crippen LogP contribution in [0.25, 0.3) is 22.5 Å². The monoisotopic (exact) mass is 441 g/mol. The quantitative estimate of drug-likeness (QED) is 0.478. The van der Waals surface area contributed by atoms with E-state index in [-0.39, 0.29) is 0 Å². The van der Waals surface area contributed by atoms with Crippen molar-refractivity contribution in [3.8, 4) is 22.5 Å². The maximum Gasteiger partial charge on any atom is 0.407 e. The largest absolute Gasteiger partial charge is 0.465 e. The average Bonchev–Trinajstić information content (AvgIpc) is 3.29. The fourth-order valence-electron chi connectivity index (χ4n) is 3.98. The Hall–Kier alpha value is -4.27. The molecule has 4 aromatic rings. The molecule has 166 valence electrons. The molecule has 0 aliphatic carbocycles. The summed E-state index contributed by atoms with van der Waals surface area (Å²) >= 11 is 0. The Kier molecular flexibility index (Phi) is 5.43. The molecule has 0 radical (unpaired) electrons. The number of amides is 1. The number of rotatable bonds is 5. The SMILES string of the molecule is CCn1cc(-c2ccnc(Nc3ccc4c(c3)CCN(C(=O)O)C4)n2)c(-c2cccnc2)n1. The zero-order valence-corrected chi connectivity index (χ0v) is 18.1. The molecule has 9 nitrogen and oxygen atoms in total. The van der Waals surface area contributed by atoms with Gasteiger partial charge >= 0.3 is 6.09 Å². The third kappa shape index (κ3) is 4.25. The number of hydrogen-bond donors (Lipinski definition) is 2. The maximum absolute atomic E-state index is 11.2. The lowest BCUT2D eigenvalue weighted by Crippen LogP contribution is -2.34. The predicted molar refractivity (Wildman–Crippen MR) is 124 cm³/mol. The number of carbonyl (C=O) groups is 1. The van der Waals surface area contributed by atoms with Crippen LogP contribution in [0.5, 0.6) is 0 Å². The Bertz CT molecular complexity index is 1300. The lowest BCUT2D eigenvalue weighted by atomic mass is 9.99. The summed E-state index contributed by atoms with van der Waals surface area (Å²) in [7, 11) is 0. The van der Waals surface area contributed by atoms with Crippen molar-refractivity contribution in [2.45, 2.75) is 26.4 Å². The molecule has 0 unspecified atom stereocenters. The second kappa shape index (κ2) is 8.70. The number of hydrogen-bond acceptors (Lipinski definition) is 6. The number of carboxylic acid groups (broad SMARTS) is 1. The van der Waals surface area contributed by atoms with Gasteiger partial charge in [0.2, 0.25) is 5.95 Å². The number of pyridine rings is 1. The molecule has 1 aromatic carbocycles. The van der Waals surface area contributed by atoms with Gasteiger partial charge in [0.15, 0.2) is 0 Å². The third-order valence-electron chi connectivity index (χ3n) is 5.70. The first-order valence-corrected chi connectivity index (χ1v) is 10.8. The van der Waals surface area contributed by atoms with E-state index in [4.69, 9.17) is 10.1 Å². The van der Waals surface area contributed by atoms with Crippen molar-refractivity contribution in [2.75, 3.05) is 11.9 Å². The highest BCUT2D eigenvalue weighted by atomic mass is 16.4. The number of aromatic nitrogens is 5. The molecule has 0 bridgehead atoms. The zero-order chi connectivity index (χ0) is 22.8. The number of fused-ring (bicyclic) bond motifs is 1. The molecular weight excluding hydrogens is 418 g/mol. The van der Waals surface area contributed by atoms with Crippen LogP contribution < -0.4 is 5.32 Å². The Morgan fingerprint density at radius 3 is 2.88 bits per heavy atom. The van der Waals surface area contributed by atoms with Crippen molar-refractivity contribution in [2.24, 2.45) is 0 Å². The Labute approximate surface area is 190 Å². The van der Waals surface area contributed by atoms with Crippen molar-refractivity contribution in [3.63, 3.8) is 0 Å². The average molecular weight is 441 g/mol. The molecule has 2 N–H and O–H groups in total. The Morgan fingerprint density at radius 2 is 2.09 bits per heavy atom. The number of nitrogens with zero attached hydrogens (tertiary/aromatic N) is 6. The fourth-order valence-corrected chi connectivity index (χ4v) is 3.98. The summed E-state index contributed by atoms with van der Waals surface area (Å²) in [5.41, 5.74) is 6.46. The van der Waals surface area contributed by atoms with Gasteiger partial charge in [-0.05, 0) is 54.8 Å². The first-order valence-electron chi connectivity index (χ1n) is 10.8. The molecule has 33 heavy (non-hydrogen) atoms.